The fourth-order valence-electron chi connectivity index (χ4n) is 4.00. The molecule has 0 atom stereocenters. The van der Waals surface area contributed by atoms with Gasteiger partial charge in [0, 0.05) is 17.3 Å². The first-order valence-corrected chi connectivity index (χ1v) is 11.9. The molecular formula is C24H25ClN4O3S. The summed E-state index contributed by atoms with van der Waals surface area (Å²) < 4.78 is 0. The first-order valence-electron chi connectivity index (χ1n) is 10.7. The number of para-hydroxylation sites is 1. The quantitative estimate of drug-likeness (QED) is 0.469. The van der Waals surface area contributed by atoms with Crippen LogP contribution in [0, 0.1) is 6.92 Å². The molecule has 33 heavy (non-hydrogen) atoms. The molecule has 2 aromatic carbocycles. The van der Waals surface area contributed by atoms with Crippen molar-refractivity contribution in [3.05, 3.63) is 69.7 Å². The van der Waals surface area contributed by atoms with Crippen molar-refractivity contribution in [2.45, 2.75) is 44.8 Å². The lowest BCUT2D eigenvalue weighted by molar-refractivity contribution is 0.0867. The van der Waals surface area contributed by atoms with Gasteiger partial charge in [0.25, 0.3) is 11.8 Å². The third-order valence-electron chi connectivity index (χ3n) is 5.74. The van der Waals surface area contributed by atoms with Gasteiger partial charge in [0.15, 0.2) is 5.13 Å². The average Bonchev–Trinajstić information content (AvgIpc) is 3.28. The maximum Gasteiger partial charge on any atom is 0.260 e. The van der Waals surface area contributed by atoms with Crippen LogP contribution in [0.25, 0.3) is 0 Å². The fraction of sp³-hybridized carbons (Fsp3) is 0.292. The number of amides is 2. The molecule has 1 aliphatic rings. The summed E-state index contributed by atoms with van der Waals surface area (Å²) in [6.07, 6.45) is 4.06. The van der Waals surface area contributed by atoms with Crippen LogP contribution in [0.3, 0.4) is 0 Å². The molecule has 3 aromatic rings. The molecule has 172 valence electrons. The lowest BCUT2D eigenvalue weighted by Crippen LogP contribution is -2.38. The van der Waals surface area contributed by atoms with E-state index in [-0.39, 0.29) is 18.1 Å². The number of rotatable bonds is 6. The zero-order valence-electron chi connectivity index (χ0n) is 18.1. The number of aromatic nitrogens is 1. The number of hydrogen-bond donors (Lipinski definition) is 3. The Bertz CT molecular complexity index is 1150. The predicted octanol–water partition coefficient (Wildman–Crippen LogP) is 4.71. The molecule has 7 nitrogen and oxygen atoms in total. The molecule has 1 aromatic heterocycles. The van der Waals surface area contributed by atoms with Crippen LogP contribution in [-0.4, -0.2) is 34.1 Å². The molecule has 0 spiro atoms. The zero-order valence-corrected chi connectivity index (χ0v) is 19.7. The Morgan fingerprint density at radius 2 is 1.91 bits per heavy atom. The van der Waals surface area contributed by atoms with Gasteiger partial charge in [-0.25, -0.2) is 4.98 Å². The van der Waals surface area contributed by atoms with Gasteiger partial charge >= 0.3 is 0 Å². The number of hydrogen-bond acceptors (Lipinski definition) is 6. The molecule has 2 amide bonds. The van der Waals surface area contributed by atoms with Crippen LogP contribution in [0.1, 0.15) is 51.3 Å². The Balaban J connectivity index is 1.70. The van der Waals surface area contributed by atoms with Crippen LogP contribution in [0.2, 0.25) is 5.02 Å². The number of anilines is 3. The number of nitrogens with zero attached hydrogens (tertiary/aromatic N) is 2. The molecule has 1 aliphatic carbocycles. The van der Waals surface area contributed by atoms with Crippen molar-refractivity contribution in [3.8, 4) is 0 Å². The third kappa shape index (κ3) is 5.19. The average molecular weight is 485 g/mol. The van der Waals surface area contributed by atoms with Crippen molar-refractivity contribution in [1.82, 2.24) is 10.3 Å². The van der Waals surface area contributed by atoms with Gasteiger partial charge < -0.3 is 16.2 Å². The molecule has 0 saturated heterocycles. The van der Waals surface area contributed by atoms with Gasteiger partial charge in [0.2, 0.25) is 0 Å². The number of aliphatic hydroxyl groups is 1. The van der Waals surface area contributed by atoms with Gasteiger partial charge in [-0.2, -0.15) is 0 Å². The van der Waals surface area contributed by atoms with Gasteiger partial charge in [-0.1, -0.05) is 41.1 Å². The molecular weight excluding hydrogens is 460 g/mol. The summed E-state index contributed by atoms with van der Waals surface area (Å²) in [4.78, 5) is 31.2. The van der Waals surface area contributed by atoms with E-state index in [2.05, 4.69) is 10.3 Å². The Morgan fingerprint density at radius 3 is 2.58 bits per heavy atom. The van der Waals surface area contributed by atoms with Crippen LogP contribution in [0.4, 0.5) is 16.5 Å². The molecule has 0 bridgehead atoms. The largest absolute Gasteiger partial charge is 0.393 e. The minimum Gasteiger partial charge on any atom is -0.393 e. The van der Waals surface area contributed by atoms with Gasteiger partial charge in [-0.05, 0) is 62.4 Å². The topological polar surface area (TPSA) is 109 Å². The highest BCUT2D eigenvalue weighted by molar-refractivity contribution is 7.17. The SMILES string of the molecule is Cc1cccc(Cl)c1N(c1cccc(C(=O)NC2CCC(O)CC2)c1)c1ncc(C(N)=O)s1. The molecule has 4 N–H and O–H groups in total. The maximum absolute atomic E-state index is 13.0. The lowest BCUT2D eigenvalue weighted by Gasteiger charge is -2.27. The smallest absolute Gasteiger partial charge is 0.260 e. The van der Waals surface area contributed by atoms with Crippen molar-refractivity contribution in [1.29, 1.82) is 0 Å². The summed E-state index contributed by atoms with van der Waals surface area (Å²) in [5.41, 5.74) is 8.25. The van der Waals surface area contributed by atoms with Crippen molar-refractivity contribution >= 4 is 51.3 Å². The van der Waals surface area contributed by atoms with Crippen molar-refractivity contribution in [3.63, 3.8) is 0 Å². The molecule has 0 aliphatic heterocycles. The summed E-state index contributed by atoms with van der Waals surface area (Å²) in [7, 11) is 0. The number of carbonyl (C=O) groups is 2. The highest BCUT2D eigenvalue weighted by atomic mass is 35.5. The number of aliphatic hydroxyl groups excluding tert-OH is 1. The number of aryl methyl sites for hydroxylation is 1. The van der Waals surface area contributed by atoms with Gasteiger partial charge in [0.05, 0.1) is 23.0 Å². The van der Waals surface area contributed by atoms with Gasteiger partial charge in [-0.15, -0.1) is 0 Å². The Morgan fingerprint density at radius 1 is 1.18 bits per heavy atom. The van der Waals surface area contributed by atoms with Crippen LogP contribution in [0.5, 0.6) is 0 Å². The highest BCUT2D eigenvalue weighted by Gasteiger charge is 2.24. The fourth-order valence-corrected chi connectivity index (χ4v) is 5.10. The lowest BCUT2D eigenvalue weighted by atomic mass is 9.93. The standard InChI is InChI=1S/C24H25ClN4O3S/c1-14-4-2-7-19(25)21(14)29(24-27-13-20(33-24)22(26)31)17-6-3-5-15(12-17)23(32)28-16-8-10-18(30)11-9-16/h2-7,12-13,16,18,30H,8-11H2,1H3,(H2,26,31)(H,28,32). The van der Waals surface area contributed by atoms with Crippen molar-refractivity contribution in [2.24, 2.45) is 5.73 Å². The number of nitrogens with two attached hydrogens (primary N) is 1. The van der Waals surface area contributed by atoms with Crippen molar-refractivity contribution < 1.29 is 14.7 Å². The maximum atomic E-state index is 13.0. The number of thiazole rings is 1. The van der Waals surface area contributed by atoms with E-state index in [1.807, 2.05) is 30.0 Å². The number of halogens is 1. The van der Waals surface area contributed by atoms with E-state index in [9.17, 15) is 14.7 Å². The zero-order chi connectivity index (χ0) is 23.5. The van der Waals surface area contributed by atoms with E-state index in [1.165, 1.54) is 6.20 Å². The molecule has 1 saturated carbocycles. The Labute approximate surface area is 201 Å². The van der Waals surface area contributed by atoms with Crippen LogP contribution < -0.4 is 16.0 Å². The van der Waals surface area contributed by atoms with Crippen LogP contribution in [0.15, 0.2) is 48.7 Å². The summed E-state index contributed by atoms with van der Waals surface area (Å²) >= 11 is 7.74. The second-order valence-corrected chi connectivity index (χ2v) is 9.56. The normalized spacial score (nSPS) is 18.0. The predicted molar refractivity (Wildman–Crippen MR) is 131 cm³/mol. The number of carbonyl (C=O) groups excluding carboxylic acids is 2. The molecule has 4 rings (SSSR count). The first-order chi connectivity index (χ1) is 15.8. The molecule has 0 radical (unpaired) electrons. The number of primary amides is 1. The van der Waals surface area contributed by atoms with E-state index >= 15 is 0 Å². The van der Waals surface area contributed by atoms with Gasteiger partial charge in [-0.3, -0.25) is 14.5 Å². The van der Waals surface area contributed by atoms with E-state index in [4.69, 9.17) is 17.3 Å². The summed E-state index contributed by atoms with van der Waals surface area (Å²) in [5, 5.41) is 13.8. The third-order valence-corrected chi connectivity index (χ3v) is 7.04. The first kappa shape index (κ1) is 23.2. The van der Waals surface area contributed by atoms with Crippen LogP contribution >= 0.6 is 22.9 Å². The molecule has 1 heterocycles. The summed E-state index contributed by atoms with van der Waals surface area (Å²) in [6.45, 7) is 1.94. The Kier molecular flexibility index (Phi) is 6.97. The Hall–Kier alpha value is -2.94. The van der Waals surface area contributed by atoms with E-state index < -0.39 is 5.91 Å². The number of nitrogens with one attached hydrogen (secondary N) is 1. The minimum atomic E-state index is -0.555. The van der Waals surface area contributed by atoms with E-state index in [0.717, 1.165) is 29.7 Å². The van der Waals surface area contributed by atoms with Crippen molar-refractivity contribution in [2.75, 3.05) is 4.90 Å². The monoisotopic (exact) mass is 484 g/mol. The van der Waals surface area contributed by atoms with Crippen LogP contribution in [-0.2, 0) is 0 Å². The van der Waals surface area contributed by atoms with Gasteiger partial charge in [0.1, 0.15) is 4.88 Å². The molecule has 0 unspecified atom stereocenters. The number of benzene rings is 2. The van der Waals surface area contributed by atoms with E-state index in [1.54, 1.807) is 24.3 Å². The van der Waals surface area contributed by atoms with E-state index in [0.29, 0.717) is 44.8 Å². The second-order valence-electron chi connectivity index (χ2n) is 8.14. The molecule has 9 heteroatoms. The second kappa shape index (κ2) is 9.91. The minimum absolute atomic E-state index is 0.0450. The highest BCUT2D eigenvalue weighted by Crippen LogP contribution is 2.42. The molecule has 1 fully saturated rings. The summed E-state index contributed by atoms with van der Waals surface area (Å²) in [5.74, 6) is -0.730. The summed E-state index contributed by atoms with van der Waals surface area (Å²) in [6, 6.07) is 12.8.